The van der Waals surface area contributed by atoms with Gasteiger partial charge >= 0.3 is 6.01 Å². The Morgan fingerprint density at radius 1 is 0.966 bits per heavy atom. The Labute approximate surface area is 171 Å². The zero-order valence-electron chi connectivity index (χ0n) is 17.1. The summed E-state index contributed by atoms with van der Waals surface area (Å²) in [4.78, 5) is 20.7. The van der Waals surface area contributed by atoms with Crippen LogP contribution in [0.3, 0.4) is 0 Å². The Hall–Kier alpha value is -3.47. The zero-order valence-corrected chi connectivity index (χ0v) is 17.1. The van der Waals surface area contributed by atoms with Crippen LogP contribution in [0.5, 0.6) is 11.8 Å². The highest BCUT2D eigenvalue weighted by Gasteiger charge is 2.04. The van der Waals surface area contributed by atoms with E-state index in [4.69, 9.17) is 4.74 Å². The van der Waals surface area contributed by atoms with Crippen molar-refractivity contribution < 1.29 is 9.53 Å². The van der Waals surface area contributed by atoms with Crippen LogP contribution >= 0.6 is 0 Å². The quantitative estimate of drug-likeness (QED) is 0.554. The summed E-state index contributed by atoms with van der Waals surface area (Å²) in [5.41, 5.74) is 4.65. The molecule has 1 N–H and O–H groups in total. The Bertz CT molecular complexity index is 987. The molecule has 5 nitrogen and oxygen atoms in total. The summed E-state index contributed by atoms with van der Waals surface area (Å²) in [6.45, 7) is 8.10. The number of hydrogen-bond acceptors (Lipinski definition) is 4. The zero-order chi connectivity index (χ0) is 20.8. The van der Waals surface area contributed by atoms with Crippen LogP contribution in [0.2, 0.25) is 0 Å². The second-order valence-corrected chi connectivity index (χ2v) is 7.20. The molecule has 0 fully saturated rings. The summed E-state index contributed by atoms with van der Waals surface area (Å²) in [7, 11) is 0. The lowest BCUT2D eigenvalue weighted by Gasteiger charge is -2.07. The van der Waals surface area contributed by atoms with Gasteiger partial charge in [0.25, 0.3) is 0 Å². The molecule has 5 heteroatoms. The number of benzene rings is 2. The molecular formula is C24H25N3O2. The van der Waals surface area contributed by atoms with Gasteiger partial charge in [-0.3, -0.25) is 4.79 Å². The first kappa shape index (κ1) is 20.3. The van der Waals surface area contributed by atoms with E-state index >= 15 is 0 Å². The average Bonchev–Trinajstić information content (AvgIpc) is 2.67. The van der Waals surface area contributed by atoms with Crippen LogP contribution in [0.1, 0.15) is 42.3 Å². The van der Waals surface area contributed by atoms with E-state index in [-0.39, 0.29) is 5.91 Å². The van der Waals surface area contributed by atoms with Crippen molar-refractivity contribution in [3.8, 4) is 11.8 Å². The average molecular weight is 387 g/mol. The van der Waals surface area contributed by atoms with Gasteiger partial charge in [0.15, 0.2) is 0 Å². The number of aromatic nitrogens is 2. The van der Waals surface area contributed by atoms with E-state index in [0.717, 1.165) is 17.0 Å². The Balaban J connectivity index is 1.58. The third-order valence-corrected chi connectivity index (χ3v) is 4.32. The molecule has 1 aromatic heterocycles. The lowest BCUT2D eigenvalue weighted by Crippen LogP contribution is -2.07. The molecule has 0 unspecified atom stereocenters. The lowest BCUT2D eigenvalue weighted by molar-refractivity contribution is -0.111. The van der Waals surface area contributed by atoms with Gasteiger partial charge in [-0.2, -0.15) is 0 Å². The standard InChI is InChI=1S/C24H25N3O2/c1-16(2)20-8-5-19(6-9-20)7-14-23(28)27-21-10-12-22(13-11-21)29-24-25-17(3)15-18(4)26-24/h5-16H,1-4H3,(H,27,28)/b14-7+. The number of ether oxygens (including phenoxy) is 1. The van der Waals surface area contributed by atoms with E-state index in [2.05, 4.69) is 41.3 Å². The fourth-order valence-corrected chi connectivity index (χ4v) is 2.80. The smallest absolute Gasteiger partial charge is 0.322 e. The molecule has 0 saturated carbocycles. The van der Waals surface area contributed by atoms with E-state index in [1.807, 2.05) is 32.0 Å². The van der Waals surface area contributed by atoms with Gasteiger partial charge in [0, 0.05) is 23.2 Å². The van der Waals surface area contributed by atoms with Crippen LogP contribution in [-0.2, 0) is 4.79 Å². The number of aryl methyl sites for hydroxylation is 2. The molecule has 148 valence electrons. The highest BCUT2D eigenvalue weighted by Crippen LogP contribution is 2.21. The summed E-state index contributed by atoms with van der Waals surface area (Å²) in [5.74, 6) is 0.905. The fraction of sp³-hybridized carbons (Fsp3) is 0.208. The van der Waals surface area contributed by atoms with Gasteiger partial charge in [0.1, 0.15) is 5.75 Å². The minimum Gasteiger partial charge on any atom is -0.424 e. The molecule has 0 radical (unpaired) electrons. The van der Waals surface area contributed by atoms with Crippen LogP contribution in [-0.4, -0.2) is 15.9 Å². The second kappa shape index (κ2) is 9.15. The third-order valence-electron chi connectivity index (χ3n) is 4.32. The highest BCUT2D eigenvalue weighted by atomic mass is 16.5. The van der Waals surface area contributed by atoms with E-state index in [1.165, 1.54) is 11.6 Å². The van der Waals surface area contributed by atoms with E-state index in [9.17, 15) is 4.79 Å². The number of anilines is 1. The van der Waals surface area contributed by atoms with Crippen molar-refractivity contribution in [3.63, 3.8) is 0 Å². The van der Waals surface area contributed by atoms with Crippen molar-refractivity contribution in [1.29, 1.82) is 0 Å². The maximum atomic E-state index is 12.2. The van der Waals surface area contributed by atoms with Crippen LogP contribution in [0.4, 0.5) is 5.69 Å². The molecular weight excluding hydrogens is 362 g/mol. The molecule has 29 heavy (non-hydrogen) atoms. The highest BCUT2D eigenvalue weighted by molar-refractivity contribution is 6.01. The minimum atomic E-state index is -0.191. The van der Waals surface area contributed by atoms with E-state index < -0.39 is 0 Å². The van der Waals surface area contributed by atoms with Crippen LogP contribution in [0.15, 0.2) is 60.7 Å². The number of nitrogens with zero attached hydrogens (tertiary/aromatic N) is 2. The van der Waals surface area contributed by atoms with E-state index in [1.54, 1.807) is 30.3 Å². The maximum absolute atomic E-state index is 12.2. The molecule has 0 bridgehead atoms. The number of rotatable bonds is 6. The van der Waals surface area contributed by atoms with Gasteiger partial charge in [-0.15, -0.1) is 0 Å². The number of carbonyl (C=O) groups is 1. The minimum absolute atomic E-state index is 0.191. The molecule has 1 heterocycles. The van der Waals surface area contributed by atoms with Crippen molar-refractivity contribution in [1.82, 2.24) is 9.97 Å². The van der Waals surface area contributed by atoms with Gasteiger partial charge in [0.05, 0.1) is 0 Å². The Morgan fingerprint density at radius 2 is 1.59 bits per heavy atom. The number of amides is 1. The molecule has 1 amide bonds. The number of carbonyl (C=O) groups excluding carboxylic acids is 1. The maximum Gasteiger partial charge on any atom is 0.322 e. The molecule has 0 spiro atoms. The molecule has 0 atom stereocenters. The molecule has 3 rings (SSSR count). The van der Waals surface area contributed by atoms with E-state index in [0.29, 0.717) is 23.4 Å². The third kappa shape index (κ3) is 6.01. The van der Waals surface area contributed by atoms with Gasteiger partial charge in [-0.05, 0) is 67.3 Å². The lowest BCUT2D eigenvalue weighted by atomic mass is 10.0. The summed E-state index contributed by atoms with van der Waals surface area (Å²) in [6, 6.07) is 17.5. The molecule has 2 aromatic carbocycles. The summed E-state index contributed by atoms with van der Waals surface area (Å²) >= 11 is 0. The van der Waals surface area contributed by atoms with Crippen molar-refractivity contribution in [2.45, 2.75) is 33.6 Å². The van der Waals surface area contributed by atoms with Crippen molar-refractivity contribution >= 4 is 17.7 Å². The van der Waals surface area contributed by atoms with Crippen LogP contribution < -0.4 is 10.1 Å². The van der Waals surface area contributed by atoms with Gasteiger partial charge in [-0.25, -0.2) is 9.97 Å². The SMILES string of the molecule is Cc1cc(C)nc(Oc2ccc(NC(=O)/C=C/c3ccc(C(C)C)cc3)cc2)n1. The molecule has 0 aliphatic heterocycles. The van der Waals surface area contributed by atoms with Gasteiger partial charge < -0.3 is 10.1 Å². The van der Waals surface area contributed by atoms with Crippen molar-refractivity contribution in [2.24, 2.45) is 0 Å². The fourth-order valence-electron chi connectivity index (χ4n) is 2.80. The number of nitrogens with one attached hydrogen (secondary N) is 1. The van der Waals surface area contributed by atoms with Gasteiger partial charge in [-0.1, -0.05) is 38.1 Å². The molecule has 0 aliphatic rings. The first-order valence-electron chi connectivity index (χ1n) is 9.58. The Kier molecular flexibility index (Phi) is 6.39. The summed E-state index contributed by atoms with van der Waals surface area (Å²) < 4.78 is 5.68. The topological polar surface area (TPSA) is 64.1 Å². The number of hydrogen-bond donors (Lipinski definition) is 1. The normalized spacial score (nSPS) is 11.1. The predicted octanol–water partition coefficient (Wildman–Crippen LogP) is 5.66. The Morgan fingerprint density at radius 3 is 2.17 bits per heavy atom. The van der Waals surface area contributed by atoms with Crippen molar-refractivity contribution in [2.75, 3.05) is 5.32 Å². The van der Waals surface area contributed by atoms with Crippen LogP contribution in [0.25, 0.3) is 6.08 Å². The predicted molar refractivity (Wildman–Crippen MR) is 116 cm³/mol. The summed E-state index contributed by atoms with van der Waals surface area (Å²) in [5, 5.41) is 2.84. The summed E-state index contributed by atoms with van der Waals surface area (Å²) in [6.07, 6.45) is 3.33. The largest absolute Gasteiger partial charge is 0.424 e. The first-order valence-corrected chi connectivity index (χ1v) is 9.58. The van der Waals surface area contributed by atoms with Crippen molar-refractivity contribution in [3.05, 3.63) is 83.2 Å². The second-order valence-electron chi connectivity index (χ2n) is 7.20. The van der Waals surface area contributed by atoms with Gasteiger partial charge in [0.2, 0.25) is 5.91 Å². The first-order chi connectivity index (χ1) is 13.9. The monoisotopic (exact) mass is 387 g/mol. The van der Waals surface area contributed by atoms with Crippen LogP contribution in [0, 0.1) is 13.8 Å². The molecule has 0 saturated heterocycles. The molecule has 0 aliphatic carbocycles. The molecule has 3 aromatic rings.